The van der Waals surface area contributed by atoms with Crippen molar-refractivity contribution in [3.8, 4) is 11.5 Å². The average Bonchev–Trinajstić information content (AvgIpc) is 3.60. The smallest absolute Gasteiger partial charge is 0.305 e. The first kappa shape index (κ1) is 23.0. The molecule has 0 spiro atoms. The Labute approximate surface area is 219 Å². The van der Waals surface area contributed by atoms with Gasteiger partial charge in [-0.3, -0.25) is 19.3 Å². The average molecular weight is 539 g/mol. The Morgan fingerprint density at radius 3 is 2.54 bits per heavy atom. The van der Waals surface area contributed by atoms with Crippen LogP contribution in [0.25, 0.3) is 0 Å². The fraction of sp³-hybridized carbons (Fsp3) is 0.370. The van der Waals surface area contributed by atoms with Crippen LogP contribution in [0, 0.1) is 35.4 Å². The minimum Gasteiger partial charge on any atom is -0.504 e. The summed E-state index contributed by atoms with van der Waals surface area (Å²) in [6.07, 6.45) is 0.776. The number of amides is 2. The quantitative estimate of drug-likeness (QED) is 0.479. The topological polar surface area (TPSA) is 99.7 Å². The van der Waals surface area contributed by atoms with Crippen LogP contribution in [0.4, 0.5) is 10.1 Å². The molecule has 3 heterocycles. The molecular formula is C27H23FN2O5S2. The number of phenolic OH excluding ortho intramolecular Hbond substituents is 1. The molecule has 2 N–H and O–H groups in total. The molecule has 2 aromatic carbocycles. The maximum absolute atomic E-state index is 13.7. The zero-order valence-electron chi connectivity index (χ0n) is 19.7. The van der Waals surface area contributed by atoms with Crippen LogP contribution < -0.4 is 14.5 Å². The van der Waals surface area contributed by atoms with E-state index in [1.807, 2.05) is 19.1 Å². The number of phenols is 1. The molecule has 4 aliphatic rings. The van der Waals surface area contributed by atoms with E-state index in [0.717, 1.165) is 21.9 Å². The Hall–Kier alpha value is -3.11. The number of hydrogen-bond acceptors (Lipinski definition) is 7. The van der Waals surface area contributed by atoms with Gasteiger partial charge in [-0.1, -0.05) is 17.4 Å². The fourth-order valence-corrected chi connectivity index (χ4v) is 10.1. The number of nitrogens with one attached hydrogen (secondary N) is 1. The Kier molecular flexibility index (Phi) is 5.10. The van der Waals surface area contributed by atoms with Crippen LogP contribution in [0.15, 0.2) is 52.3 Å². The van der Waals surface area contributed by atoms with E-state index in [4.69, 9.17) is 4.74 Å². The third-order valence-electron chi connectivity index (χ3n) is 8.45. The van der Waals surface area contributed by atoms with Crippen molar-refractivity contribution >= 4 is 40.6 Å². The molecular weight excluding hydrogens is 515 g/mol. The number of thiazole rings is 1. The van der Waals surface area contributed by atoms with Crippen molar-refractivity contribution in [2.75, 3.05) is 11.5 Å². The van der Waals surface area contributed by atoms with Gasteiger partial charge in [-0.15, -0.1) is 11.8 Å². The summed E-state index contributed by atoms with van der Waals surface area (Å²) in [4.78, 5) is 44.8. The summed E-state index contributed by atoms with van der Waals surface area (Å²) < 4.78 is 19.2. The van der Waals surface area contributed by atoms with Gasteiger partial charge in [0.15, 0.2) is 11.5 Å². The molecule has 2 saturated carbocycles. The number of fused-ring (bicyclic) bond motifs is 9. The molecule has 2 bridgehead atoms. The van der Waals surface area contributed by atoms with Crippen molar-refractivity contribution in [1.82, 2.24) is 4.98 Å². The number of imide groups is 1. The van der Waals surface area contributed by atoms with E-state index in [0.29, 0.717) is 18.0 Å². The summed E-state index contributed by atoms with van der Waals surface area (Å²) in [6, 6.07) is 10.8. The summed E-state index contributed by atoms with van der Waals surface area (Å²) in [6.45, 7) is 2.25. The molecule has 7 rings (SSSR count). The van der Waals surface area contributed by atoms with Crippen molar-refractivity contribution in [2.24, 2.45) is 29.6 Å². The minimum atomic E-state index is -0.437. The maximum atomic E-state index is 13.7. The lowest BCUT2D eigenvalue weighted by atomic mass is 9.68. The number of carbonyl (C=O) groups excluding carboxylic acids is 2. The zero-order valence-corrected chi connectivity index (χ0v) is 21.4. The number of anilines is 1. The van der Waals surface area contributed by atoms with Crippen molar-refractivity contribution in [2.45, 2.75) is 29.5 Å². The van der Waals surface area contributed by atoms with Crippen LogP contribution >= 0.6 is 23.1 Å². The van der Waals surface area contributed by atoms with Gasteiger partial charge in [0.05, 0.1) is 29.2 Å². The van der Waals surface area contributed by atoms with Crippen molar-refractivity contribution in [3.05, 3.63) is 68.4 Å². The second-order valence-corrected chi connectivity index (χ2v) is 12.3. The molecule has 2 aliphatic heterocycles. The van der Waals surface area contributed by atoms with Crippen LogP contribution in [0.3, 0.4) is 0 Å². The van der Waals surface area contributed by atoms with Crippen molar-refractivity contribution in [3.63, 3.8) is 0 Å². The Bertz CT molecular complexity index is 1500. The van der Waals surface area contributed by atoms with Gasteiger partial charge in [0.1, 0.15) is 5.82 Å². The van der Waals surface area contributed by atoms with E-state index in [9.17, 15) is 23.9 Å². The minimum absolute atomic E-state index is 0.00516. The van der Waals surface area contributed by atoms with Crippen LogP contribution in [-0.2, 0) is 9.59 Å². The van der Waals surface area contributed by atoms with Gasteiger partial charge in [-0.25, -0.2) is 4.39 Å². The summed E-state index contributed by atoms with van der Waals surface area (Å²) in [7, 11) is 0. The largest absolute Gasteiger partial charge is 0.504 e. The van der Waals surface area contributed by atoms with E-state index in [1.165, 1.54) is 40.5 Å². The first-order chi connectivity index (χ1) is 17.9. The lowest BCUT2D eigenvalue weighted by molar-refractivity contribution is -0.123. The Morgan fingerprint density at radius 1 is 1.08 bits per heavy atom. The monoisotopic (exact) mass is 538 g/mol. The van der Waals surface area contributed by atoms with Gasteiger partial charge < -0.3 is 14.8 Å². The number of thioether (sulfide) groups is 1. The molecule has 0 unspecified atom stereocenters. The van der Waals surface area contributed by atoms with Crippen LogP contribution in [0.1, 0.15) is 29.7 Å². The second-order valence-electron chi connectivity index (χ2n) is 10.1. The highest BCUT2D eigenvalue weighted by atomic mass is 32.2. The SMILES string of the molecule is CCOc1cc([C@@H]2c3sc(=O)[nH]c3S[C@@H]3[C@H]4C[C@@H]([C@@H]5C(=O)N(c6ccc(F)cc6)C(=O)[C@H]45)[C@@H]23)ccc1O. The number of benzene rings is 2. The van der Waals surface area contributed by atoms with E-state index >= 15 is 0 Å². The standard InChI is InChI=1S/C27H23FN2O5S2/c1-2-35-17-9-11(3-8-16(17)31)18-19-14-10-15(22(19)36-24-23(18)37-27(34)29-24)21-20(14)25(32)30(26(21)33)13-6-4-12(28)5-7-13/h3-9,14-15,18-22,31H,2,10H2,1H3,(H,29,34)/t14-,15+,18+,19+,20+,21-,22-/m1/s1. The van der Waals surface area contributed by atoms with E-state index < -0.39 is 17.7 Å². The van der Waals surface area contributed by atoms with Gasteiger partial charge in [-0.2, -0.15) is 0 Å². The normalized spacial score (nSPS) is 31.4. The molecule has 1 saturated heterocycles. The summed E-state index contributed by atoms with van der Waals surface area (Å²) in [5, 5.41) is 11.2. The first-order valence-electron chi connectivity index (χ1n) is 12.4. The molecule has 7 nitrogen and oxygen atoms in total. The van der Waals surface area contributed by atoms with Gasteiger partial charge >= 0.3 is 4.87 Å². The fourth-order valence-electron chi connectivity index (χ4n) is 7.23. The molecule has 3 fully saturated rings. The zero-order chi connectivity index (χ0) is 25.6. The van der Waals surface area contributed by atoms with E-state index in [2.05, 4.69) is 4.98 Å². The molecule has 1 aromatic heterocycles. The van der Waals surface area contributed by atoms with E-state index in [-0.39, 0.29) is 51.4 Å². The summed E-state index contributed by atoms with van der Waals surface area (Å²) in [5.74, 6) is -1.43. The molecule has 0 radical (unpaired) electrons. The molecule has 190 valence electrons. The Morgan fingerprint density at radius 2 is 1.81 bits per heavy atom. The molecule has 37 heavy (non-hydrogen) atoms. The van der Waals surface area contributed by atoms with E-state index in [1.54, 1.807) is 17.8 Å². The maximum Gasteiger partial charge on any atom is 0.305 e. The Balaban J connectivity index is 1.32. The van der Waals surface area contributed by atoms with Crippen LogP contribution in [-0.4, -0.2) is 33.8 Å². The highest BCUT2D eigenvalue weighted by Crippen LogP contribution is 2.68. The second kappa shape index (κ2) is 8.19. The summed E-state index contributed by atoms with van der Waals surface area (Å²) in [5.41, 5.74) is 1.32. The third kappa shape index (κ3) is 3.21. The molecule has 10 heteroatoms. The van der Waals surface area contributed by atoms with Gasteiger partial charge in [0, 0.05) is 16.0 Å². The number of carbonyl (C=O) groups is 2. The molecule has 2 aliphatic carbocycles. The lowest BCUT2D eigenvalue weighted by Gasteiger charge is -2.43. The lowest BCUT2D eigenvalue weighted by Crippen LogP contribution is -2.42. The molecule has 7 atom stereocenters. The third-order valence-corrected chi connectivity index (χ3v) is 11.0. The number of halogens is 1. The van der Waals surface area contributed by atoms with Gasteiger partial charge in [0.25, 0.3) is 0 Å². The van der Waals surface area contributed by atoms with Gasteiger partial charge in [-0.05, 0) is 73.1 Å². The van der Waals surface area contributed by atoms with Crippen molar-refractivity contribution in [1.29, 1.82) is 0 Å². The molecule has 3 aromatic rings. The number of aromatic nitrogens is 1. The highest BCUT2D eigenvalue weighted by Gasteiger charge is 2.69. The van der Waals surface area contributed by atoms with Gasteiger partial charge in [0.2, 0.25) is 11.8 Å². The predicted octanol–water partition coefficient (Wildman–Crippen LogP) is 4.36. The number of nitrogens with zero attached hydrogens (tertiary/aromatic N) is 1. The van der Waals surface area contributed by atoms with Crippen LogP contribution in [0.2, 0.25) is 0 Å². The predicted molar refractivity (Wildman–Crippen MR) is 137 cm³/mol. The number of H-pyrrole nitrogens is 1. The highest BCUT2D eigenvalue weighted by molar-refractivity contribution is 8.00. The number of rotatable bonds is 4. The first-order valence-corrected chi connectivity index (χ1v) is 14.1. The van der Waals surface area contributed by atoms with Crippen molar-refractivity contribution < 1.29 is 23.8 Å². The summed E-state index contributed by atoms with van der Waals surface area (Å²) >= 11 is 2.81. The van der Waals surface area contributed by atoms with Crippen LogP contribution in [0.5, 0.6) is 11.5 Å². The number of ether oxygens (including phenoxy) is 1. The number of aromatic hydroxyl groups is 1. The number of aromatic amines is 1. The molecule has 2 amide bonds. The number of hydrogen-bond donors (Lipinski definition) is 2.